The van der Waals surface area contributed by atoms with E-state index < -0.39 is 11.7 Å². The first-order valence-electron chi connectivity index (χ1n) is 6.18. The number of nitrogens with zero attached hydrogens (tertiary/aromatic N) is 2. The van der Waals surface area contributed by atoms with Crippen LogP contribution in [0.25, 0.3) is 0 Å². The van der Waals surface area contributed by atoms with E-state index in [-0.39, 0.29) is 11.3 Å². The minimum atomic E-state index is -0.673. The summed E-state index contributed by atoms with van der Waals surface area (Å²) in [6, 6.07) is 3.90. The highest BCUT2D eigenvalue weighted by atomic mass is 79.9. The lowest BCUT2D eigenvalue weighted by molar-refractivity contribution is 0.0637. The molecule has 1 N–H and O–H groups in total. The van der Waals surface area contributed by atoms with Crippen molar-refractivity contribution in [3.05, 3.63) is 29.6 Å². The van der Waals surface area contributed by atoms with Crippen LogP contribution in [0.3, 0.4) is 0 Å². The van der Waals surface area contributed by atoms with Crippen molar-refractivity contribution in [1.82, 2.24) is 9.80 Å². The maximum absolute atomic E-state index is 13.6. The van der Waals surface area contributed by atoms with Gasteiger partial charge in [0.25, 0.3) is 5.91 Å². The Hall–Kier alpha value is -1.14. The molecule has 0 aromatic heterocycles. The summed E-state index contributed by atoms with van der Waals surface area (Å²) in [7, 11) is 0. The summed E-state index contributed by atoms with van der Waals surface area (Å²) in [5, 5.41) is 10.5. The fraction of sp³-hybridized carbons (Fsp3) is 0.462. The van der Waals surface area contributed by atoms with E-state index in [1.807, 2.05) is 0 Å². The summed E-state index contributed by atoms with van der Waals surface area (Å²) in [5.41, 5.74) is -0.226. The zero-order chi connectivity index (χ0) is 13.8. The number of halogens is 2. The van der Waals surface area contributed by atoms with Crippen LogP contribution in [-0.2, 0) is 0 Å². The van der Waals surface area contributed by atoms with Crippen molar-refractivity contribution in [2.75, 3.05) is 38.1 Å². The summed E-state index contributed by atoms with van der Waals surface area (Å²) in [6.07, 6.45) is 0. The van der Waals surface area contributed by atoms with Crippen molar-refractivity contribution in [2.24, 2.45) is 0 Å². The molecule has 0 saturated carbocycles. The molecule has 1 fully saturated rings. The fourth-order valence-corrected chi connectivity index (χ4v) is 2.68. The molecule has 2 rings (SSSR count). The number of hydrogen-bond donors (Lipinski definition) is 1. The number of piperazine rings is 1. The predicted molar refractivity (Wildman–Crippen MR) is 74.2 cm³/mol. The number of phenols is 1. The first-order chi connectivity index (χ1) is 9.13. The van der Waals surface area contributed by atoms with Crippen LogP contribution < -0.4 is 0 Å². The van der Waals surface area contributed by atoms with Crippen molar-refractivity contribution < 1.29 is 14.3 Å². The largest absolute Gasteiger partial charge is 0.507 e. The van der Waals surface area contributed by atoms with Crippen molar-refractivity contribution in [3.8, 4) is 5.75 Å². The van der Waals surface area contributed by atoms with Gasteiger partial charge in [0.1, 0.15) is 17.1 Å². The smallest absolute Gasteiger partial charge is 0.260 e. The number of carbonyl (C=O) groups excluding carboxylic acids is 1. The third-order valence-corrected chi connectivity index (χ3v) is 3.62. The Morgan fingerprint density at radius 1 is 1.32 bits per heavy atom. The third kappa shape index (κ3) is 3.25. The fourth-order valence-electron chi connectivity index (χ4n) is 2.18. The second-order valence-electron chi connectivity index (χ2n) is 4.46. The van der Waals surface area contributed by atoms with Gasteiger partial charge >= 0.3 is 0 Å². The van der Waals surface area contributed by atoms with E-state index in [9.17, 15) is 14.3 Å². The topological polar surface area (TPSA) is 43.8 Å². The normalized spacial score (nSPS) is 16.6. The van der Waals surface area contributed by atoms with Gasteiger partial charge < -0.3 is 10.0 Å². The average Bonchev–Trinajstić information content (AvgIpc) is 2.39. The third-order valence-electron chi connectivity index (χ3n) is 3.27. The van der Waals surface area contributed by atoms with Gasteiger partial charge in [-0.2, -0.15) is 0 Å². The van der Waals surface area contributed by atoms with Crippen LogP contribution in [0.2, 0.25) is 0 Å². The van der Waals surface area contributed by atoms with Crippen LogP contribution >= 0.6 is 15.9 Å². The van der Waals surface area contributed by atoms with Gasteiger partial charge in [-0.05, 0) is 12.1 Å². The molecule has 104 valence electrons. The van der Waals surface area contributed by atoms with Crippen LogP contribution in [-0.4, -0.2) is 58.9 Å². The number of carbonyl (C=O) groups is 1. The maximum Gasteiger partial charge on any atom is 0.260 e. The Labute approximate surface area is 119 Å². The second kappa shape index (κ2) is 6.34. The van der Waals surface area contributed by atoms with Gasteiger partial charge in [-0.25, -0.2) is 4.39 Å². The van der Waals surface area contributed by atoms with E-state index >= 15 is 0 Å². The molecule has 1 heterocycles. The van der Waals surface area contributed by atoms with Crippen LogP contribution in [0.1, 0.15) is 10.4 Å². The number of rotatable bonds is 3. The van der Waals surface area contributed by atoms with Gasteiger partial charge in [-0.3, -0.25) is 9.69 Å². The van der Waals surface area contributed by atoms with Crippen LogP contribution in [0.5, 0.6) is 5.75 Å². The quantitative estimate of drug-likeness (QED) is 0.857. The minimum absolute atomic E-state index is 0.226. The number of aromatic hydroxyl groups is 1. The molecule has 1 aromatic rings. The molecule has 1 aliphatic rings. The zero-order valence-electron chi connectivity index (χ0n) is 10.5. The zero-order valence-corrected chi connectivity index (χ0v) is 12.1. The SMILES string of the molecule is O=C(c1c(O)cccc1F)N1CCN(CCBr)CC1. The maximum atomic E-state index is 13.6. The lowest BCUT2D eigenvalue weighted by atomic mass is 10.1. The molecular weight excluding hydrogens is 315 g/mol. The van der Waals surface area contributed by atoms with Gasteiger partial charge in [0.15, 0.2) is 0 Å². The van der Waals surface area contributed by atoms with E-state index in [4.69, 9.17) is 0 Å². The Balaban J connectivity index is 2.05. The van der Waals surface area contributed by atoms with E-state index in [1.54, 1.807) is 4.90 Å². The van der Waals surface area contributed by atoms with Crippen molar-refractivity contribution >= 4 is 21.8 Å². The molecular formula is C13H16BrFN2O2. The van der Waals surface area contributed by atoms with Crippen molar-refractivity contribution in [1.29, 1.82) is 0 Å². The summed E-state index contributed by atoms with van der Waals surface area (Å²) in [4.78, 5) is 16.0. The highest BCUT2D eigenvalue weighted by Crippen LogP contribution is 2.22. The lowest BCUT2D eigenvalue weighted by Crippen LogP contribution is -2.49. The first kappa shape index (κ1) is 14.3. The Kier molecular flexibility index (Phi) is 4.76. The standard InChI is InChI=1S/C13H16BrFN2O2/c14-4-5-16-6-8-17(9-7-16)13(19)12-10(15)2-1-3-11(12)18/h1-3,18H,4-9H2. The van der Waals surface area contributed by atoms with E-state index in [2.05, 4.69) is 20.8 Å². The van der Waals surface area contributed by atoms with Gasteiger partial charge in [-0.1, -0.05) is 22.0 Å². The molecule has 1 saturated heterocycles. The molecule has 1 aliphatic heterocycles. The number of benzene rings is 1. The van der Waals surface area contributed by atoms with Gasteiger partial charge in [0.2, 0.25) is 0 Å². The number of phenolic OH excluding ortho intramolecular Hbond substituents is 1. The number of amides is 1. The molecule has 1 aromatic carbocycles. The molecule has 4 nitrogen and oxygen atoms in total. The molecule has 0 atom stereocenters. The van der Waals surface area contributed by atoms with Crippen molar-refractivity contribution in [2.45, 2.75) is 0 Å². The average molecular weight is 331 g/mol. The lowest BCUT2D eigenvalue weighted by Gasteiger charge is -2.34. The summed E-state index contributed by atoms with van der Waals surface area (Å²) in [6.45, 7) is 3.59. The molecule has 0 aliphatic carbocycles. The minimum Gasteiger partial charge on any atom is -0.507 e. The Morgan fingerprint density at radius 2 is 2.00 bits per heavy atom. The number of alkyl halides is 1. The van der Waals surface area contributed by atoms with Gasteiger partial charge in [0.05, 0.1) is 0 Å². The highest BCUT2D eigenvalue weighted by Gasteiger charge is 2.25. The summed E-state index contributed by atoms with van der Waals surface area (Å²) in [5.74, 6) is -1.41. The van der Waals surface area contributed by atoms with Crippen LogP contribution in [0.4, 0.5) is 4.39 Å². The molecule has 1 amide bonds. The van der Waals surface area contributed by atoms with Crippen LogP contribution in [0.15, 0.2) is 18.2 Å². The Morgan fingerprint density at radius 3 is 2.58 bits per heavy atom. The molecule has 0 bridgehead atoms. The van der Waals surface area contributed by atoms with Crippen LogP contribution in [0, 0.1) is 5.82 Å². The molecule has 19 heavy (non-hydrogen) atoms. The number of hydrogen-bond acceptors (Lipinski definition) is 3. The van der Waals surface area contributed by atoms with E-state index in [1.165, 1.54) is 18.2 Å². The monoisotopic (exact) mass is 330 g/mol. The molecule has 6 heteroatoms. The second-order valence-corrected chi connectivity index (χ2v) is 5.25. The molecule has 0 spiro atoms. The predicted octanol–water partition coefficient (Wildman–Crippen LogP) is 1.68. The summed E-state index contributed by atoms with van der Waals surface area (Å²) < 4.78 is 13.6. The first-order valence-corrected chi connectivity index (χ1v) is 7.30. The van der Waals surface area contributed by atoms with Crippen molar-refractivity contribution in [3.63, 3.8) is 0 Å². The Bertz CT molecular complexity index is 442. The summed E-state index contributed by atoms with van der Waals surface area (Å²) >= 11 is 3.38. The van der Waals surface area contributed by atoms with Gasteiger partial charge in [0, 0.05) is 38.1 Å². The highest BCUT2D eigenvalue weighted by molar-refractivity contribution is 9.09. The van der Waals surface area contributed by atoms with E-state index in [0.29, 0.717) is 13.1 Å². The van der Waals surface area contributed by atoms with E-state index in [0.717, 1.165) is 25.0 Å². The van der Waals surface area contributed by atoms with Gasteiger partial charge in [-0.15, -0.1) is 0 Å². The molecule has 0 unspecified atom stereocenters. The molecule has 0 radical (unpaired) electrons.